The van der Waals surface area contributed by atoms with Crippen LogP contribution >= 0.6 is 0 Å². The minimum Gasteiger partial charge on any atom is -0.670 e. The number of hydrogen-bond acceptors (Lipinski definition) is 0. The van der Waals surface area contributed by atoms with E-state index >= 15 is 0 Å². The summed E-state index contributed by atoms with van der Waals surface area (Å²) < 4.78 is 9.50. The average Bonchev–Trinajstić information content (AvgIpc) is 2.23. The fourth-order valence-corrected chi connectivity index (χ4v) is 0.248. The van der Waals surface area contributed by atoms with Crippen LogP contribution < -0.4 is 4.98 Å². The predicted molar refractivity (Wildman–Crippen MR) is 20.9 cm³/mol. The third kappa shape index (κ3) is 3.76. The molecule has 0 bridgehead atoms. The van der Waals surface area contributed by atoms with Crippen molar-refractivity contribution in [1.82, 2.24) is 4.98 Å². The van der Waals surface area contributed by atoms with Crippen LogP contribution in [-0.4, -0.2) is 0 Å². The van der Waals surface area contributed by atoms with Crippen molar-refractivity contribution in [2.24, 2.45) is 0 Å². The van der Waals surface area contributed by atoms with E-state index in [1.165, 1.54) is 0 Å². The van der Waals surface area contributed by atoms with Gasteiger partial charge in [-0.05, 0) is 0 Å². The summed E-state index contributed by atoms with van der Waals surface area (Å²) in [5.41, 5.74) is 0. The van der Waals surface area contributed by atoms with Gasteiger partial charge in [0.25, 0.3) is 0 Å². The Kier molecular flexibility index (Phi) is 5.86. The molecule has 1 heterocycles. The van der Waals surface area contributed by atoms with Gasteiger partial charge in [-0.1, -0.05) is 12.1 Å². The minimum absolute atomic E-state index is 0.500. The van der Waals surface area contributed by atoms with Crippen LogP contribution in [0.3, 0.4) is 0 Å². The maximum absolute atomic E-state index is 9.50. The van der Waals surface area contributed by atoms with E-state index < -0.39 is 0 Å². The molecule has 1 aromatic rings. The molecule has 3 heteroatoms. The van der Waals surface area contributed by atoms with Gasteiger partial charge in [0, 0.05) is 0 Å². The molecule has 1 aromatic heterocycles. The number of halogens is 1. The molecule has 0 aromatic carbocycles. The molecule has 0 amide bonds. The molecule has 0 aliphatic carbocycles. The van der Waals surface area contributed by atoms with Crippen LogP contribution in [0.1, 0.15) is 0 Å². The van der Waals surface area contributed by atoms with Crippen molar-refractivity contribution in [3.8, 4) is 0 Å². The Labute approximate surface area is 54.0 Å². The second-order valence-corrected chi connectivity index (χ2v) is 0.832. The number of hydrogen-bond donors (Lipinski definition) is 0. The van der Waals surface area contributed by atoms with Crippen LogP contribution in [0.25, 0.3) is 0 Å². The second kappa shape index (κ2) is 5.92. The largest absolute Gasteiger partial charge is 0.670 e. The van der Waals surface area contributed by atoms with Crippen LogP contribution in [0.2, 0.25) is 0 Å². The zero-order valence-corrected chi connectivity index (χ0v) is 5.20. The fourth-order valence-electron chi connectivity index (χ4n) is 0.248. The summed E-state index contributed by atoms with van der Waals surface area (Å²) in [6.45, 7) is 0. The van der Waals surface area contributed by atoms with E-state index in [1.54, 1.807) is 12.4 Å². The monoisotopic (exact) mass is 133 g/mol. The molecular formula is C4H4FNTi. The van der Waals surface area contributed by atoms with Crippen LogP contribution in [0.5, 0.6) is 0 Å². The van der Waals surface area contributed by atoms with E-state index in [0.29, 0.717) is 21.0 Å². The Hall–Kier alpha value is -0.0757. The minimum atomic E-state index is 0.500. The summed E-state index contributed by atoms with van der Waals surface area (Å²) in [6.07, 6.45) is 3.50. The van der Waals surface area contributed by atoms with Gasteiger partial charge in [0.2, 0.25) is 0 Å². The molecule has 0 radical (unpaired) electrons. The standard InChI is InChI=1S/C4H4N.FH.Ti/c1-2-4-5-3-1;;/h1-4H;1H;/q-1;;+2/p-1. The molecule has 0 saturated carbocycles. The first-order chi connectivity index (χ1) is 3.50. The zero-order chi connectivity index (χ0) is 5.54. The molecule has 7 heavy (non-hydrogen) atoms. The smallest absolute Gasteiger partial charge is 0.0860 e. The number of nitrogens with zero attached hydrogens (tertiary/aromatic N) is 1. The molecule has 0 atom stereocenters. The Morgan fingerprint density at radius 1 is 1.14 bits per heavy atom. The molecule has 0 N–H and O–H groups in total. The van der Waals surface area contributed by atoms with E-state index in [-0.39, 0.29) is 0 Å². The van der Waals surface area contributed by atoms with Crippen molar-refractivity contribution in [2.45, 2.75) is 0 Å². The first-order valence-electron chi connectivity index (χ1n) is 1.71. The van der Waals surface area contributed by atoms with Crippen LogP contribution in [0.15, 0.2) is 24.5 Å². The normalized spacial score (nSPS) is 6.29. The second-order valence-electron chi connectivity index (χ2n) is 0.832. The molecule has 36 valence electrons. The van der Waals surface area contributed by atoms with Gasteiger partial charge in [-0.15, -0.1) is 0 Å². The third-order valence-electron chi connectivity index (χ3n) is 0.455. The van der Waals surface area contributed by atoms with Gasteiger partial charge in [0.1, 0.15) is 0 Å². The van der Waals surface area contributed by atoms with Crippen molar-refractivity contribution in [3.05, 3.63) is 24.5 Å². The summed E-state index contributed by atoms with van der Waals surface area (Å²) in [7, 11) is 0. The molecule has 1 rings (SSSR count). The van der Waals surface area contributed by atoms with Crippen molar-refractivity contribution in [3.63, 3.8) is 0 Å². The molecule has 0 aliphatic rings. The molecular weight excluding hydrogens is 129 g/mol. The molecule has 0 saturated heterocycles. The molecule has 0 aliphatic heterocycles. The van der Waals surface area contributed by atoms with Gasteiger partial charge in [-0.25, -0.2) is 0 Å². The summed E-state index contributed by atoms with van der Waals surface area (Å²) in [6, 6.07) is 3.78. The maximum atomic E-state index is 9.50. The van der Waals surface area contributed by atoms with Crippen LogP contribution in [0.4, 0.5) is 3.09 Å². The summed E-state index contributed by atoms with van der Waals surface area (Å²) in [5.74, 6) is 0. The van der Waals surface area contributed by atoms with Gasteiger partial charge < -0.3 is 4.98 Å². The summed E-state index contributed by atoms with van der Waals surface area (Å²) in [5, 5.41) is 0. The number of rotatable bonds is 0. The first-order valence-corrected chi connectivity index (χ1v) is 2.30. The Morgan fingerprint density at radius 2 is 1.57 bits per heavy atom. The summed E-state index contributed by atoms with van der Waals surface area (Å²) in [4.78, 5) is 3.72. The van der Waals surface area contributed by atoms with Crippen LogP contribution in [-0.2, 0) is 21.0 Å². The Balaban J connectivity index is 0.000000162. The van der Waals surface area contributed by atoms with Gasteiger partial charge in [0.15, 0.2) is 0 Å². The average molecular weight is 133 g/mol. The van der Waals surface area contributed by atoms with Crippen molar-refractivity contribution in [2.75, 3.05) is 0 Å². The van der Waals surface area contributed by atoms with E-state index in [1.807, 2.05) is 12.1 Å². The van der Waals surface area contributed by atoms with E-state index in [0.717, 1.165) is 0 Å². The van der Waals surface area contributed by atoms with Gasteiger partial charge in [-0.2, -0.15) is 12.4 Å². The quantitative estimate of drug-likeness (QED) is 0.482. The molecule has 0 spiro atoms. The first kappa shape index (κ1) is 6.92. The van der Waals surface area contributed by atoms with Crippen LogP contribution in [0, 0.1) is 0 Å². The Bertz CT molecular complexity index is 68.2. The predicted octanol–water partition coefficient (Wildman–Crippen LogP) is 1.06. The summed E-state index contributed by atoms with van der Waals surface area (Å²) >= 11 is 0.500. The molecule has 1 nitrogen and oxygen atoms in total. The van der Waals surface area contributed by atoms with Gasteiger partial charge in [-0.3, -0.25) is 0 Å². The zero-order valence-electron chi connectivity index (χ0n) is 3.63. The molecule has 0 unspecified atom stereocenters. The number of aromatic nitrogens is 1. The van der Waals surface area contributed by atoms with Crippen molar-refractivity contribution < 1.29 is 24.1 Å². The SMILES string of the molecule is [F][Ti+].c1cc[n-]c1. The van der Waals surface area contributed by atoms with E-state index in [4.69, 9.17) is 0 Å². The van der Waals surface area contributed by atoms with E-state index in [2.05, 4.69) is 4.98 Å². The topological polar surface area (TPSA) is 14.1 Å². The van der Waals surface area contributed by atoms with Crippen molar-refractivity contribution in [1.29, 1.82) is 0 Å². The van der Waals surface area contributed by atoms with Gasteiger partial charge in [0.05, 0.1) is 0 Å². The Morgan fingerprint density at radius 3 is 1.71 bits per heavy atom. The van der Waals surface area contributed by atoms with Crippen molar-refractivity contribution >= 4 is 0 Å². The third-order valence-corrected chi connectivity index (χ3v) is 0.455. The fraction of sp³-hybridized carbons (Fsp3) is 0. The molecule has 0 fully saturated rings. The maximum Gasteiger partial charge on any atom is -0.0860 e. The van der Waals surface area contributed by atoms with Gasteiger partial charge >= 0.3 is 24.1 Å². The van der Waals surface area contributed by atoms with E-state index in [9.17, 15) is 3.09 Å².